The molecule has 1 aromatic carbocycles. The molecule has 1 aliphatic rings. The normalized spacial score (nSPS) is 18.4. The highest BCUT2D eigenvalue weighted by Crippen LogP contribution is 2.12. The number of benzene rings is 1. The summed E-state index contributed by atoms with van der Waals surface area (Å²) in [7, 11) is 0. The van der Waals surface area contributed by atoms with Gasteiger partial charge >= 0.3 is 0 Å². The molecule has 1 amide bonds. The van der Waals surface area contributed by atoms with Gasteiger partial charge in [-0.2, -0.15) is 0 Å². The fraction of sp³-hybridized carbons (Fsp3) is 0.611. The number of aryl methyl sites for hydroxylation is 1. The highest BCUT2D eigenvalue weighted by molar-refractivity contribution is 5.81. The van der Waals surface area contributed by atoms with Crippen LogP contribution in [0.25, 0.3) is 0 Å². The van der Waals surface area contributed by atoms with Gasteiger partial charge in [-0.25, -0.2) is 0 Å². The van der Waals surface area contributed by atoms with Crippen molar-refractivity contribution in [3.05, 3.63) is 35.4 Å². The Hall–Kier alpha value is -1.39. The molecule has 122 valence electrons. The molecular formula is C18H29N3O. The Morgan fingerprint density at radius 2 is 1.86 bits per heavy atom. The van der Waals surface area contributed by atoms with Gasteiger partial charge in [0, 0.05) is 38.8 Å². The van der Waals surface area contributed by atoms with E-state index >= 15 is 0 Å². The van der Waals surface area contributed by atoms with Crippen LogP contribution in [-0.4, -0.2) is 54.0 Å². The lowest BCUT2D eigenvalue weighted by molar-refractivity contribution is -0.127. The molecule has 1 N–H and O–H groups in total. The molecule has 22 heavy (non-hydrogen) atoms. The molecule has 0 saturated carbocycles. The molecule has 2 rings (SSSR count). The quantitative estimate of drug-likeness (QED) is 0.904. The number of nitrogens with zero attached hydrogens (tertiary/aromatic N) is 2. The molecule has 1 aliphatic heterocycles. The molecule has 0 spiro atoms. The van der Waals surface area contributed by atoms with Gasteiger partial charge in [-0.05, 0) is 33.3 Å². The zero-order valence-corrected chi connectivity index (χ0v) is 14.3. The lowest BCUT2D eigenvalue weighted by Gasteiger charge is -2.37. The minimum Gasteiger partial charge on any atom is -0.353 e. The Balaban J connectivity index is 1.81. The number of hydrogen-bond acceptors (Lipinski definition) is 3. The van der Waals surface area contributed by atoms with Crippen LogP contribution in [0.15, 0.2) is 24.3 Å². The predicted molar refractivity (Wildman–Crippen MR) is 90.8 cm³/mol. The lowest BCUT2D eigenvalue weighted by atomic mass is 10.1. The number of rotatable bonds is 5. The summed E-state index contributed by atoms with van der Waals surface area (Å²) in [6.45, 7) is 13.1. The zero-order valence-electron chi connectivity index (χ0n) is 14.3. The molecule has 1 atom stereocenters. The highest BCUT2D eigenvalue weighted by atomic mass is 16.2. The van der Waals surface area contributed by atoms with E-state index in [1.165, 1.54) is 11.1 Å². The van der Waals surface area contributed by atoms with Crippen molar-refractivity contribution in [3.8, 4) is 0 Å². The molecule has 1 fully saturated rings. The van der Waals surface area contributed by atoms with E-state index in [0.29, 0.717) is 0 Å². The summed E-state index contributed by atoms with van der Waals surface area (Å²) in [6, 6.07) is 8.87. The number of nitrogens with one attached hydrogen (secondary N) is 1. The Morgan fingerprint density at radius 3 is 2.45 bits per heavy atom. The Morgan fingerprint density at radius 1 is 1.18 bits per heavy atom. The second-order valence-corrected chi connectivity index (χ2v) is 6.64. The van der Waals surface area contributed by atoms with Gasteiger partial charge in [0.2, 0.25) is 5.91 Å². The number of carbonyl (C=O) groups excluding carboxylic acids is 1. The summed E-state index contributed by atoms with van der Waals surface area (Å²) in [5.74, 6) is 0.141. The van der Waals surface area contributed by atoms with Gasteiger partial charge in [-0.1, -0.05) is 29.8 Å². The van der Waals surface area contributed by atoms with E-state index in [0.717, 1.165) is 32.7 Å². The third-order valence-electron chi connectivity index (χ3n) is 4.25. The van der Waals surface area contributed by atoms with E-state index in [2.05, 4.69) is 46.3 Å². The minimum absolute atomic E-state index is 0.0384. The number of piperazine rings is 1. The van der Waals surface area contributed by atoms with Crippen LogP contribution in [-0.2, 0) is 11.3 Å². The van der Waals surface area contributed by atoms with Gasteiger partial charge in [0.15, 0.2) is 0 Å². The Bertz CT molecular complexity index is 493. The second-order valence-electron chi connectivity index (χ2n) is 6.64. The second kappa shape index (κ2) is 7.75. The predicted octanol–water partition coefficient (Wildman–Crippen LogP) is 2.03. The summed E-state index contributed by atoms with van der Waals surface area (Å²) in [5.41, 5.74) is 2.69. The monoisotopic (exact) mass is 303 g/mol. The maximum atomic E-state index is 12.1. The van der Waals surface area contributed by atoms with Gasteiger partial charge < -0.3 is 5.32 Å². The fourth-order valence-electron chi connectivity index (χ4n) is 2.95. The average molecular weight is 303 g/mol. The summed E-state index contributed by atoms with van der Waals surface area (Å²) in [4.78, 5) is 16.8. The average Bonchev–Trinajstić information content (AvgIpc) is 2.46. The van der Waals surface area contributed by atoms with Crippen molar-refractivity contribution in [3.63, 3.8) is 0 Å². The summed E-state index contributed by atoms with van der Waals surface area (Å²) < 4.78 is 0. The van der Waals surface area contributed by atoms with Crippen LogP contribution < -0.4 is 5.32 Å². The molecule has 1 unspecified atom stereocenters. The minimum atomic E-state index is -0.0384. The van der Waals surface area contributed by atoms with Crippen molar-refractivity contribution in [2.45, 2.75) is 46.3 Å². The van der Waals surface area contributed by atoms with Crippen molar-refractivity contribution >= 4 is 5.91 Å². The Kier molecular flexibility index (Phi) is 5.98. The topological polar surface area (TPSA) is 35.6 Å². The summed E-state index contributed by atoms with van der Waals surface area (Å²) in [5, 5.41) is 3.00. The van der Waals surface area contributed by atoms with Crippen molar-refractivity contribution in [2.75, 3.05) is 26.2 Å². The fourth-order valence-corrected chi connectivity index (χ4v) is 2.95. The molecule has 1 saturated heterocycles. The molecule has 0 aliphatic carbocycles. The third-order valence-corrected chi connectivity index (χ3v) is 4.25. The number of hydrogen-bond donors (Lipinski definition) is 1. The van der Waals surface area contributed by atoms with Crippen LogP contribution in [0.4, 0.5) is 0 Å². The first kappa shape index (κ1) is 17.0. The van der Waals surface area contributed by atoms with Crippen molar-refractivity contribution in [2.24, 2.45) is 0 Å². The molecular weight excluding hydrogens is 274 g/mol. The lowest BCUT2D eigenvalue weighted by Crippen LogP contribution is -2.54. The molecule has 4 heteroatoms. The smallest absolute Gasteiger partial charge is 0.237 e. The van der Waals surface area contributed by atoms with Crippen LogP contribution in [0, 0.1) is 6.92 Å². The molecule has 4 nitrogen and oxygen atoms in total. The van der Waals surface area contributed by atoms with Gasteiger partial charge in [0.25, 0.3) is 0 Å². The summed E-state index contributed by atoms with van der Waals surface area (Å²) in [6.07, 6.45) is 0. The van der Waals surface area contributed by atoms with E-state index in [4.69, 9.17) is 0 Å². The number of amides is 1. The van der Waals surface area contributed by atoms with E-state index in [1.807, 2.05) is 20.8 Å². The van der Waals surface area contributed by atoms with Crippen LogP contribution in [0.2, 0.25) is 0 Å². The maximum Gasteiger partial charge on any atom is 0.237 e. The van der Waals surface area contributed by atoms with Gasteiger partial charge in [-0.15, -0.1) is 0 Å². The molecule has 1 heterocycles. The first-order chi connectivity index (χ1) is 10.5. The van der Waals surface area contributed by atoms with Gasteiger partial charge in [0.1, 0.15) is 0 Å². The van der Waals surface area contributed by atoms with Crippen molar-refractivity contribution in [1.29, 1.82) is 0 Å². The molecule has 0 aromatic heterocycles. The summed E-state index contributed by atoms with van der Waals surface area (Å²) >= 11 is 0. The zero-order chi connectivity index (χ0) is 16.1. The first-order valence-electron chi connectivity index (χ1n) is 8.28. The van der Waals surface area contributed by atoms with Crippen LogP contribution in [0.5, 0.6) is 0 Å². The molecule has 0 radical (unpaired) electrons. The Labute approximate surface area is 134 Å². The van der Waals surface area contributed by atoms with E-state index in [9.17, 15) is 4.79 Å². The first-order valence-corrected chi connectivity index (χ1v) is 8.28. The van der Waals surface area contributed by atoms with Gasteiger partial charge in [0.05, 0.1) is 6.04 Å². The molecule has 0 bridgehead atoms. The SMILES string of the molecule is Cc1cccc(CN2CCN(C(C)C(=O)NC(C)C)CC2)c1. The van der Waals surface area contributed by atoms with Crippen LogP contribution >= 0.6 is 0 Å². The van der Waals surface area contributed by atoms with Crippen molar-refractivity contribution in [1.82, 2.24) is 15.1 Å². The van der Waals surface area contributed by atoms with Crippen molar-refractivity contribution < 1.29 is 4.79 Å². The van der Waals surface area contributed by atoms with E-state index < -0.39 is 0 Å². The highest BCUT2D eigenvalue weighted by Gasteiger charge is 2.25. The van der Waals surface area contributed by atoms with Crippen LogP contribution in [0.1, 0.15) is 31.9 Å². The standard InChI is InChI=1S/C18H29N3O/c1-14(2)19-18(22)16(4)21-10-8-20(9-11-21)13-17-7-5-6-15(3)12-17/h5-7,12,14,16H,8-11,13H2,1-4H3,(H,19,22). The van der Waals surface area contributed by atoms with E-state index in [1.54, 1.807) is 0 Å². The maximum absolute atomic E-state index is 12.1. The van der Waals surface area contributed by atoms with Gasteiger partial charge in [-0.3, -0.25) is 14.6 Å². The van der Waals surface area contributed by atoms with Crippen LogP contribution in [0.3, 0.4) is 0 Å². The third kappa shape index (κ3) is 4.82. The van der Waals surface area contributed by atoms with E-state index in [-0.39, 0.29) is 18.0 Å². The number of carbonyl (C=O) groups is 1. The largest absolute Gasteiger partial charge is 0.353 e. The molecule has 1 aromatic rings.